The predicted octanol–water partition coefficient (Wildman–Crippen LogP) is 4.16. The largest absolute Gasteiger partial charge is 0.454 e. The summed E-state index contributed by atoms with van der Waals surface area (Å²) in [5.74, 6) is -3.94. The number of esters is 1. The summed E-state index contributed by atoms with van der Waals surface area (Å²) in [6.45, 7) is -0.467. The zero-order valence-electron chi connectivity index (χ0n) is 12.6. The fourth-order valence-corrected chi connectivity index (χ4v) is 2.77. The predicted molar refractivity (Wildman–Crippen MR) is 88.9 cm³/mol. The third-order valence-electron chi connectivity index (χ3n) is 2.94. The maximum Gasteiger partial charge on any atom is 0.341 e. The van der Waals surface area contributed by atoms with Crippen LogP contribution in [0.1, 0.15) is 20.7 Å². The zero-order valence-corrected chi connectivity index (χ0v) is 14.2. The smallest absolute Gasteiger partial charge is 0.341 e. The lowest BCUT2D eigenvalue weighted by molar-refractivity contribution is 0.0470. The second-order valence-electron chi connectivity index (χ2n) is 4.46. The van der Waals surface area contributed by atoms with Gasteiger partial charge in [0.15, 0.2) is 12.4 Å². The number of aromatic nitrogens is 1. The summed E-state index contributed by atoms with van der Waals surface area (Å²) in [6.07, 6.45) is 3.22. The van der Waals surface area contributed by atoms with Gasteiger partial charge in [-0.1, -0.05) is 12.1 Å². The molecule has 24 heavy (non-hydrogen) atoms. The van der Waals surface area contributed by atoms with Crippen molar-refractivity contribution >= 4 is 35.3 Å². The van der Waals surface area contributed by atoms with Crippen molar-refractivity contribution in [3.05, 3.63) is 53.7 Å². The number of ketones is 1. The van der Waals surface area contributed by atoms with Crippen molar-refractivity contribution in [2.75, 3.05) is 12.9 Å². The third kappa shape index (κ3) is 5.04. The van der Waals surface area contributed by atoms with E-state index in [2.05, 4.69) is 4.98 Å². The summed E-state index contributed by atoms with van der Waals surface area (Å²) in [5, 5.41) is -0.130. The Labute approximate surface area is 146 Å². The maximum absolute atomic E-state index is 12.5. The van der Waals surface area contributed by atoms with Gasteiger partial charge in [-0.05, 0) is 42.3 Å². The molecule has 0 amide bonds. The van der Waals surface area contributed by atoms with E-state index in [1.807, 2.05) is 6.26 Å². The van der Waals surface area contributed by atoms with Gasteiger partial charge in [0.1, 0.15) is 5.03 Å². The Bertz CT molecular complexity index is 724. The molecule has 0 saturated carbocycles. The van der Waals surface area contributed by atoms with Crippen molar-refractivity contribution in [2.45, 2.75) is 15.7 Å². The zero-order chi connectivity index (χ0) is 17.5. The number of nitrogens with zero attached hydrogens (tertiary/aromatic N) is 1. The molecule has 2 aromatic rings. The summed E-state index contributed by atoms with van der Waals surface area (Å²) in [7, 11) is 0. The Hall–Kier alpha value is -1.93. The number of carbonyl (C=O) groups excluding carboxylic acids is 2. The van der Waals surface area contributed by atoms with Crippen molar-refractivity contribution < 1.29 is 23.1 Å². The number of hydrogen-bond donors (Lipinski definition) is 0. The van der Waals surface area contributed by atoms with E-state index in [-0.39, 0.29) is 28.1 Å². The number of carbonyl (C=O) groups is 2. The fraction of sp³-hybridized carbons (Fsp3) is 0.188. The van der Waals surface area contributed by atoms with Crippen LogP contribution in [0.25, 0.3) is 0 Å². The highest BCUT2D eigenvalue weighted by atomic mass is 32.2. The number of hydrogen-bond acceptors (Lipinski definition) is 6. The van der Waals surface area contributed by atoms with Crippen LogP contribution in [0.4, 0.5) is 8.78 Å². The lowest BCUT2D eigenvalue weighted by Crippen LogP contribution is -2.15. The van der Waals surface area contributed by atoms with Gasteiger partial charge in [0.25, 0.3) is 5.76 Å². The third-order valence-corrected chi connectivity index (χ3v) is 4.41. The van der Waals surface area contributed by atoms with Crippen LogP contribution < -0.4 is 0 Å². The first kappa shape index (κ1) is 18.4. The summed E-state index contributed by atoms with van der Waals surface area (Å²) in [6, 6.07) is 9.64. The van der Waals surface area contributed by atoms with Crippen molar-refractivity contribution in [1.82, 2.24) is 4.98 Å². The molecule has 0 aliphatic heterocycles. The van der Waals surface area contributed by atoms with Gasteiger partial charge in [-0.3, -0.25) is 4.79 Å². The SMILES string of the molecule is CSc1ccc(C(=O)COC(=O)c2cccnc2SC(F)F)cc1. The minimum absolute atomic E-state index is 0.0895. The number of Topliss-reactive ketones (excluding diaryl/α,β-unsaturated/α-hetero) is 1. The molecule has 0 aliphatic carbocycles. The van der Waals surface area contributed by atoms with Crippen molar-refractivity contribution in [3.8, 4) is 0 Å². The molecular weight excluding hydrogens is 356 g/mol. The van der Waals surface area contributed by atoms with Gasteiger partial charge >= 0.3 is 5.97 Å². The summed E-state index contributed by atoms with van der Waals surface area (Å²) < 4.78 is 29.9. The minimum Gasteiger partial charge on any atom is -0.454 e. The molecule has 1 aromatic heterocycles. The number of halogens is 2. The Kier molecular flexibility index (Phi) is 6.74. The first-order chi connectivity index (χ1) is 11.5. The number of benzene rings is 1. The average Bonchev–Trinajstić information content (AvgIpc) is 2.59. The molecule has 0 saturated heterocycles. The standard InChI is InChI=1S/C16H13F2NO3S2/c1-23-11-6-4-10(5-7-11)13(20)9-22-15(21)12-3-2-8-19-14(12)24-16(17)18/h2-8,16H,9H2,1H3. The molecule has 0 aliphatic rings. The molecule has 0 spiro atoms. The lowest BCUT2D eigenvalue weighted by atomic mass is 10.1. The minimum atomic E-state index is -2.71. The quantitative estimate of drug-likeness (QED) is 0.415. The number of rotatable bonds is 7. The highest BCUT2D eigenvalue weighted by molar-refractivity contribution is 7.99. The molecule has 0 fully saturated rings. The molecular formula is C16H13F2NO3S2. The topological polar surface area (TPSA) is 56.3 Å². The van der Waals surface area contributed by atoms with Crippen molar-refractivity contribution in [1.29, 1.82) is 0 Å². The molecule has 1 heterocycles. The van der Waals surface area contributed by atoms with E-state index >= 15 is 0 Å². The van der Waals surface area contributed by atoms with Gasteiger partial charge in [-0.25, -0.2) is 9.78 Å². The number of alkyl halides is 2. The molecule has 0 radical (unpaired) electrons. The summed E-state index contributed by atoms with van der Waals surface area (Å²) >= 11 is 1.70. The first-order valence-corrected chi connectivity index (χ1v) is 8.86. The monoisotopic (exact) mass is 369 g/mol. The van der Waals surface area contributed by atoms with E-state index in [0.29, 0.717) is 5.56 Å². The van der Waals surface area contributed by atoms with Gasteiger partial charge in [0.2, 0.25) is 0 Å². The van der Waals surface area contributed by atoms with E-state index in [4.69, 9.17) is 4.74 Å². The van der Waals surface area contributed by atoms with E-state index in [1.54, 1.807) is 36.0 Å². The van der Waals surface area contributed by atoms with Crippen molar-refractivity contribution in [2.24, 2.45) is 0 Å². The molecule has 126 valence electrons. The van der Waals surface area contributed by atoms with E-state index in [1.165, 1.54) is 18.3 Å². The van der Waals surface area contributed by atoms with Crippen LogP contribution in [0.3, 0.4) is 0 Å². The van der Waals surface area contributed by atoms with Crippen LogP contribution in [0, 0.1) is 0 Å². The maximum atomic E-state index is 12.5. The molecule has 4 nitrogen and oxygen atoms in total. The van der Waals surface area contributed by atoms with E-state index < -0.39 is 18.3 Å². The molecule has 1 aromatic carbocycles. The van der Waals surface area contributed by atoms with Gasteiger partial charge < -0.3 is 4.74 Å². The second kappa shape index (κ2) is 8.79. The highest BCUT2D eigenvalue weighted by Gasteiger charge is 2.19. The van der Waals surface area contributed by atoms with Gasteiger partial charge in [-0.15, -0.1) is 11.8 Å². The van der Waals surface area contributed by atoms with Crippen LogP contribution >= 0.6 is 23.5 Å². The second-order valence-corrected chi connectivity index (χ2v) is 6.32. The Balaban J connectivity index is 2.01. The normalized spacial score (nSPS) is 10.7. The number of ether oxygens (including phenoxy) is 1. The summed E-state index contributed by atoms with van der Waals surface area (Å²) in [5.41, 5.74) is 0.322. The Morgan fingerprint density at radius 3 is 2.54 bits per heavy atom. The number of pyridine rings is 1. The van der Waals surface area contributed by atoms with E-state index in [9.17, 15) is 18.4 Å². The first-order valence-electron chi connectivity index (χ1n) is 6.75. The van der Waals surface area contributed by atoms with Crippen LogP contribution in [0.15, 0.2) is 52.5 Å². The molecule has 0 N–H and O–H groups in total. The van der Waals surface area contributed by atoms with Crippen LogP contribution in [0.5, 0.6) is 0 Å². The molecule has 0 unspecified atom stereocenters. The Morgan fingerprint density at radius 2 is 1.92 bits per heavy atom. The summed E-state index contributed by atoms with van der Waals surface area (Å²) in [4.78, 5) is 28.8. The van der Waals surface area contributed by atoms with Gasteiger partial charge in [0.05, 0.1) is 5.56 Å². The molecule has 8 heteroatoms. The van der Waals surface area contributed by atoms with Crippen LogP contribution in [0.2, 0.25) is 0 Å². The molecule has 0 bridgehead atoms. The molecule has 0 atom stereocenters. The average molecular weight is 369 g/mol. The fourth-order valence-electron chi connectivity index (χ4n) is 1.79. The van der Waals surface area contributed by atoms with E-state index in [0.717, 1.165) is 4.90 Å². The molecule has 2 rings (SSSR count). The van der Waals surface area contributed by atoms with Crippen LogP contribution in [-0.4, -0.2) is 35.4 Å². The highest BCUT2D eigenvalue weighted by Crippen LogP contribution is 2.26. The number of thioether (sulfide) groups is 2. The Morgan fingerprint density at radius 1 is 1.21 bits per heavy atom. The van der Waals surface area contributed by atoms with Gasteiger partial charge in [0, 0.05) is 16.7 Å². The lowest BCUT2D eigenvalue weighted by Gasteiger charge is -2.08. The van der Waals surface area contributed by atoms with Crippen LogP contribution in [-0.2, 0) is 4.74 Å². The van der Waals surface area contributed by atoms with Gasteiger partial charge in [-0.2, -0.15) is 8.78 Å². The van der Waals surface area contributed by atoms with Crippen molar-refractivity contribution in [3.63, 3.8) is 0 Å².